The molecule has 0 saturated carbocycles. The average molecular weight is 239 g/mol. The molecule has 4 nitrogen and oxygen atoms in total. The topological polar surface area (TPSA) is 49.8 Å². The number of rotatable bonds is 4. The van der Waals surface area contributed by atoms with E-state index in [2.05, 4.69) is 0 Å². The first-order valence-corrected chi connectivity index (χ1v) is 5.54. The zero-order chi connectivity index (χ0) is 12.3. The van der Waals surface area contributed by atoms with Gasteiger partial charge in [0.25, 0.3) is 0 Å². The summed E-state index contributed by atoms with van der Waals surface area (Å²) in [4.78, 5) is 13.0. The predicted octanol–water partition coefficient (Wildman–Crippen LogP) is 1.94. The second-order valence-electron chi connectivity index (χ2n) is 3.84. The minimum absolute atomic E-state index is 0.160. The quantitative estimate of drug-likeness (QED) is 0.872. The molecule has 0 fully saturated rings. The maximum absolute atomic E-state index is 12.2. The number of fused-ring (bicyclic) bond motifs is 1. The molecule has 0 amide bonds. The Balaban J connectivity index is 2.32. The number of benzene rings is 1. The first-order chi connectivity index (χ1) is 8.24. The second kappa shape index (κ2) is 5.03. The molecule has 1 N–H and O–H groups in total. The Kier molecular flexibility index (Phi) is 3.46. The molecule has 0 bridgehead atoms. The largest absolute Gasteiger partial charge is 0.489 e. The van der Waals surface area contributed by atoms with Crippen molar-refractivity contribution in [1.82, 2.24) is 0 Å². The molecule has 2 rings (SSSR count). The van der Waals surface area contributed by atoms with Crippen molar-refractivity contribution in [3.63, 3.8) is 0 Å². The van der Waals surface area contributed by atoms with Crippen LogP contribution in [-0.4, -0.2) is 37.4 Å². The number of hydrogen-bond acceptors (Lipinski definition) is 3. The molecule has 92 valence electrons. The molecule has 1 aliphatic rings. The van der Waals surface area contributed by atoms with Crippen molar-refractivity contribution in [2.24, 2.45) is 0 Å². The lowest BCUT2D eigenvalue weighted by atomic mass is 10.1. The fourth-order valence-electron chi connectivity index (χ4n) is 1.96. The van der Waals surface area contributed by atoms with Gasteiger partial charge in [0.15, 0.2) is 5.75 Å². The van der Waals surface area contributed by atoms with E-state index in [1.54, 1.807) is 12.1 Å². The van der Waals surface area contributed by atoms with Crippen LogP contribution in [0.1, 0.15) is 16.8 Å². The van der Waals surface area contributed by atoms with E-state index in [4.69, 9.17) is 9.84 Å². The van der Waals surface area contributed by atoms with Crippen molar-refractivity contribution in [2.45, 2.75) is 6.42 Å². The molecule has 5 heteroatoms. The van der Waals surface area contributed by atoms with Gasteiger partial charge in [0.05, 0.1) is 18.9 Å². The number of hydrogen-bond donors (Lipinski definition) is 1. The highest BCUT2D eigenvalue weighted by molar-refractivity contribution is 5.93. The van der Waals surface area contributed by atoms with Crippen LogP contribution < -0.4 is 9.64 Å². The highest BCUT2D eigenvalue weighted by Gasteiger charge is 2.23. The van der Waals surface area contributed by atoms with E-state index in [1.807, 2.05) is 4.90 Å². The molecule has 17 heavy (non-hydrogen) atoms. The van der Waals surface area contributed by atoms with Gasteiger partial charge in [-0.15, -0.1) is 0 Å². The van der Waals surface area contributed by atoms with E-state index in [9.17, 15) is 9.18 Å². The van der Waals surface area contributed by atoms with Gasteiger partial charge in [0.2, 0.25) is 0 Å². The minimum Gasteiger partial charge on any atom is -0.489 e. The highest BCUT2D eigenvalue weighted by atomic mass is 19.1. The van der Waals surface area contributed by atoms with Crippen LogP contribution in [0, 0.1) is 0 Å². The Morgan fingerprint density at radius 3 is 3.06 bits per heavy atom. The molecule has 1 aliphatic heterocycles. The number of halogens is 1. The van der Waals surface area contributed by atoms with E-state index in [0.717, 1.165) is 5.69 Å². The Labute approximate surface area is 98.6 Å². The van der Waals surface area contributed by atoms with E-state index >= 15 is 0 Å². The van der Waals surface area contributed by atoms with Crippen LogP contribution in [-0.2, 0) is 0 Å². The third kappa shape index (κ3) is 2.33. The lowest BCUT2D eigenvalue weighted by molar-refractivity contribution is 0.0692. The normalized spacial score (nSPS) is 14.1. The number of nitrogens with zero attached hydrogens (tertiary/aromatic N) is 1. The lowest BCUT2D eigenvalue weighted by Crippen LogP contribution is -2.34. The Hall–Kier alpha value is -1.78. The van der Waals surface area contributed by atoms with Gasteiger partial charge in [-0.3, -0.25) is 4.39 Å². The zero-order valence-corrected chi connectivity index (χ0v) is 9.36. The predicted molar refractivity (Wildman–Crippen MR) is 61.7 cm³/mol. The van der Waals surface area contributed by atoms with Gasteiger partial charge in [0.1, 0.15) is 12.2 Å². The van der Waals surface area contributed by atoms with E-state index < -0.39 is 5.97 Å². The Morgan fingerprint density at radius 1 is 1.53 bits per heavy atom. The number of aromatic carboxylic acids is 1. The molecule has 1 heterocycles. The van der Waals surface area contributed by atoms with Crippen LogP contribution in [0.25, 0.3) is 0 Å². The molecule has 0 saturated heterocycles. The van der Waals surface area contributed by atoms with Crippen LogP contribution >= 0.6 is 0 Å². The standard InChI is InChI=1S/C12H14FNO3/c13-5-2-6-14-7-8-17-11-9(12(15)16)3-1-4-10(11)14/h1,3-4H,2,5-8H2,(H,15,16). The van der Waals surface area contributed by atoms with Crippen LogP contribution in [0.15, 0.2) is 18.2 Å². The molecule has 0 aliphatic carbocycles. The van der Waals surface area contributed by atoms with Gasteiger partial charge < -0.3 is 14.7 Å². The molecule has 1 aromatic rings. The molecule has 0 aromatic heterocycles. The molecular formula is C12H14FNO3. The minimum atomic E-state index is -1.01. The van der Waals surface area contributed by atoms with Gasteiger partial charge in [0, 0.05) is 6.54 Å². The smallest absolute Gasteiger partial charge is 0.339 e. The summed E-state index contributed by atoms with van der Waals surface area (Å²) in [5, 5.41) is 9.04. The van der Waals surface area contributed by atoms with Gasteiger partial charge in [-0.1, -0.05) is 6.07 Å². The van der Waals surface area contributed by atoms with Crippen molar-refractivity contribution >= 4 is 11.7 Å². The average Bonchev–Trinajstić information content (AvgIpc) is 2.35. The van der Waals surface area contributed by atoms with Crippen molar-refractivity contribution in [3.05, 3.63) is 23.8 Å². The second-order valence-corrected chi connectivity index (χ2v) is 3.84. The van der Waals surface area contributed by atoms with Crippen molar-refractivity contribution < 1.29 is 19.0 Å². The zero-order valence-electron chi connectivity index (χ0n) is 9.36. The highest BCUT2D eigenvalue weighted by Crippen LogP contribution is 2.34. The summed E-state index contributed by atoms with van der Waals surface area (Å²) in [5.74, 6) is -0.612. The first-order valence-electron chi connectivity index (χ1n) is 5.54. The molecular weight excluding hydrogens is 225 g/mol. The number of anilines is 1. The van der Waals surface area contributed by atoms with Crippen molar-refractivity contribution in [1.29, 1.82) is 0 Å². The van der Waals surface area contributed by atoms with Crippen LogP contribution in [0.2, 0.25) is 0 Å². The molecule has 0 atom stereocenters. The molecule has 0 unspecified atom stereocenters. The number of alkyl halides is 1. The fraction of sp³-hybridized carbons (Fsp3) is 0.417. The number of para-hydroxylation sites is 1. The van der Waals surface area contributed by atoms with Crippen LogP contribution in [0.4, 0.5) is 10.1 Å². The number of carbonyl (C=O) groups is 1. The summed E-state index contributed by atoms with van der Waals surface area (Å²) >= 11 is 0. The molecule has 1 aromatic carbocycles. The Morgan fingerprint density at radius 2 is 2.35 bits per heavy atom. The fourth-order valence-corrected chi connectivity index (χ4v) is 1.96. The third-order valence-electron chi connectivity index (χ3n) is 2.73. The number of carboxylic acid groups (broad SMARTS) is 1. The van der Waals surface area contributed by atoms with Gasteiger partial charge in [-0.05, 0) is 18.6 Å². The maximum atomic E-state index is 12.2. The molecule has 0 radical (unpaired) electrons. The first kappa shape index (κ1) is 11.7. The van der Waals surface area contributed by atoms with E-state index in [-0.39, 0.29) is 12.2 Å². The summed E-state index contributed by atoms with van der Waals surface area (Å²) in [6.07, 6.45) is 0.441. The number of carboxylic acids is 1. The summed E-state index contributed by atoms with van der Waals surface area (Å²) in [7, 11) is 0. The van der Waals surface area contributed by atoms with Crippen LogP contribution in [0.5, 0.6) is 5.75 Å². The van der Waals surface area contributed by atoms with Crippen molar-refractivity contribution in [3.8, 4) is 5.75 Å². The summed E-state index contributed by atoms with van der Waals surface area (Å²) in [6, 6.07) is 5.00. The summed E-state index contributed by atoms with van der Waals surface area (Å²) in [5.41, 5.74) is 0.900. The third-order valence-corrected chi connectivity index (χ3v) is 2.73. The summed E-state index contributed by atoms with van der Waals surface area (Å²) < 4.78 is 17.6. The maximum Gasteiger partial charge on any atom is 0.339 e. The Bertz CT molecular complexity index is 422. The lowest BCUT2D eigenvalue weighted by Gasteiger charge is -2.31. The number of ether oxygens (including phenoxy) is 1. The molecule has 0 spiro atoms. The van der Waals surface area contributed by atoms with E-state index in [0.29, 0.717) is 31.9 Å². The summed E-state index contributed by atoms with van der Waals surface area (Å²) in [6.45, 7) is 1.31. The SMILES string of the molecule is O=C(O)c1cccc2c1OCCN2CCCF. The van der Waals surface area contributed by atoms with Gasteiger partial charge in [-0.25, -0.2) is 4.79 Å². The van der Waals surface area contributed by atoms with E-state index in [1.165, 1.54) is 6.07 Å². The van der Waals surface area contributed by atoms with Crippen LogP contribution in [0.3, 0.4) is 0 Å². The van der Waals surface area contributed by atoms with Crippen molar-refractivity contribution in [2.75, 3.05) is 31.3 Å². The van der Waals surface area contributed by atoms with Gasteiger partial charge >= 0.3 is 5.97 Å². The van der Waals surface area contributed by atoms with Gasteiger partial charge in [-0.2, -0.15) is 0 Å². The monoisotopic (exact) mass is 239 g/mol.